The van der Waals surface area contributed by atoms with Crippen molar-refractivity contribution < 1.29 is 23.5 Å². The van der Waals surface area contributed by atoms with Crippen LogP contribution in [0.4, 0.5) is 11.4 Å². The largest absolute Gasteiger partial charge is 0.378 e. The van der Waals surface area contributed by atoms with Crippen LogP contribution in [0.1, 0.15) is 81.0 Å². The summed E-state index contributed by atoms with van der Waals surface area (Å²) < 4.78 is 9.97. The summed E-state index contributed by atoms with van der Waals surface area (Å²) in [4.78, 5) is 28.6. The minimum absolute atomic E-state index is 0. The van der Waals surface area contributed by atoms with Gasteiger partial charge in [-0.05, 0) is 72.2 Å². The maximum Gasteiger partial charge on any atom is 0.220 e. The maximum absolute atomic E-state index is 12.2. The first-order valence-electron chi connectivity index (χ1n) is 19.8. The van der Waals surface area contributed by atoms with Crippen LogP contribution in [-0.4, -0.2) is 66.3 Å². The van der Waals surface area contributed by atoms with E-state index in [1.807, 2.05) is 28.2 Å². The Morgan fingerprint density at radius 1 is 0.518 bits per heavy atom. The van der Waals surface area contributed by atoms with Crippen molar-refractivity contribution in [3.8, 4) is 0 Å². The molecule has 4 rings (SSSR count). The molecule has 0 aliphatic carbocycles. The smallest absolute Gasteiger partial charge is 0.220 e. The van der Waals surface area contributed by atoms with Crippen LogP contribution in [0.25, 0.3) is 24.3 Å². The van der Waals surface area contributed by atoms with E-state index >= 15 is 0 Å². The second-order valence-electron chi connectivity index (χ2n) is 14.3. The van der Waals surface area contributed by atoms with Gasteiger partial charge < -0.3 is 25.2 Å². The molecule has 0 spiro atoms. The van der Waals surface area contributed by atoms with Gasteiger partial charge in [0, 0.05) is 103 Å². The van der Waals surface area contributed by atoms with E-state index < -0.39 is 0 Å². The first-order valence-corrected chi connectivity index (χ1v) is 19.8. The molecule has 2 aromatic carbocycles. The van der Waals surface area contributed by atoms with Crippen LogP contribution in [-0.2, 0) is 27.4 Å². The summed E-state index contributed by atoms with van der Waals surface area (Å²) in [5.74, 6) is 0.116. The molecule has 0 atom stereocenters. The molecule has 9 heteroatoms. The molecule has 2 N–H and O–H groups in total. The Hall–Kier alpha value is -5.28. The fourth-order valence-corrected chi connectivity index (χ4v) is 5.93. The lowest BCUT2D eigenvalue weighted by Crippen LogP contribution is -2.32. The lowest BCUT2D eigenvalue weighted by Gasteiger charge is -2.11. The number of aromatic nitrogens is 2. The highest BCUT2D eigenvalue weighted by Gasteiger charge is 2.06. The summed E-state index contributed by atoms with van der Waals surface area (Å²) >= 11 is 0. The number of carbonyl (C=O) groups excluding carboxylic acids is 2. The molecular formula is C47H66N6O3+2. The van der Waals surface area contributed by atoms with Gasteiger partial charge in [-0.25, -0.2) is 9.13 Å². The standard InChI is InChI=1S/C46H60N6O3.CH4/c1-49(2)43-21-17-39(18-22-43)13-15-41-25-33-51(34-26-41)31-9-5-7-11-45(53)47-29-37-55-38-30-48-46(54)12-8-6-10-32-52-35-27-42(28-36-52)16-14-40-19-23-44(24-20-40)50(3)4;/h13-28,33-36H,5-12,29-32,37-38H2,1-4H3;1H4/p+2. The molecule has 0 unspecified atom stereocenters. The van der Waals surface area contributed by atoms with Crippen molar-refractivity contribution >= 4 is 47.5 Å². The quantitative estimate of drug-likeness (QED) is 0.0574. The Morgan fingerprint density at radius 2 is 0.857 bits per heavy atom. The lowest BCUT2D eigenvalue weighted by molar-refractivity contribution is -0.697. The molecular weight excluding hydrogens is 697 g/mol. The third kappa shape index (κ3) is 17.9. The Labute approximate surface area is 336 Å². The fraction of sp³-hybridized carbons (Fsp3) is 0.404. The Kier molecular flexibility index (Phi) is 20.7. The van der Waals surface area contributed by atoms with Crippen LogP contribution >= 0.6 is 0 Å². The van der Waals surface area contributed by atoms with Crippen molar-refractivity contribution in [1.82, 2.24) is 10.6 Å². The van der Waals surface area contributed by atoms with Gasteiger partial charge in [0.05, 0.1) is 13.2 Å². The Balaban J connectivity index is 0.00000841. The number of unbranched alkanes of at least 4 members (excludes halogenated alkanes) is 4. The molecule has 9 nitrogen and oxygen atoms in total. The third-order valence-corrected chi connectivity index (χ3v) is 9.37. The average Bonchev–Trinajstić information content (AvgIpc) is 3.19. The van der Waals surface area contributed by atoms with E-state index in [9.17, 15) is 9.59 Å². The number of benzene rings is 2. The summed E-state index contributed by atoms with van der Waals surface area (Å²) in [7, 11) is 8.18. The molecule has 0 fully saturated rings. The predicted octanol–water partition coefficient (Wildman–Crippen LogP) is 7.44. The number of hydrogen-bond donors (Lipinski definition) is 2. The van der Waals surface area contributed by atoms with E-state index in [4.69, 9.17) is 4.74 Å². The zero-order chi connectivity index (χ0) is 39.1. The molecule has 0 saturated carbocycles. The highest BCUT2D eigenvalue weighted by Crippen LogP contribution is 2.16. The van der Waals surface area contributed by atoms with Gasteiger partial charge in [-0.3, -0.25) is 9.59 Å². The number of amides is 2. The first kappa shape index (κ1) is 45.1. The number of carbonyl (C=O) groups is 2. The summed E-state index contributed by atoms with van der Waals surface area (Å²) in [6.07, 6.45) is 23.8. The van der Waals surface area contributed by atoms with Gasteiger partial charge in [0.15, 0.2) is 24.8 Å². The van der Waals surface area contributed by atoms with Gasteiger partial charge in [-0.2, -0.15) is 0 Å². The first-order chi connectivity index (χ1) is 26.7. The molecule has 0 radical (unpaired) electrons. The zero-order valence-electron chi connectivity index (χ0n) is 33.5. The summed E-state index contributed by atoms with van der Waals surface area (Å²) in [6, 6.07) is 25.5. The Morgan fingerprint density at radius 3 is 1.20 bits per heavy atom. The SMILES string of the molecule is C.CN(C)c1ccc(C=Cc2cc[n+](CCCCCC(=O)NCCOCCNC(=O)CCCCC[n+]3ccc(C=Cc4ccc(N(C)C)cc4)cc3)cc2)cc1. The number of aryl methyl sites for hydroxylation is 2. The van der Waals surface area contributed by atoms with Crippen LogP contribution in [0.3, 0.4) is 0 Å². The highest BCUT2D eigenvalue weighted by molar-refractivity contribution is 5.76. The maximum atomic E-state index is 12.2. The van der Waals surface area contributed by atoms with Crippen molar-refractivity contribution in [2.24, 2.45) is 0 Å². The molecule has 0 bridgehead atoms. The summed E-state index contributed by atoms with van der Waals surface area (Å²) in [6.45, 7) is 3.70. The number of pyridine rings is 2. The number of nitrogens with one attached hydrogen (secondary N) is 2. The second kappa shape index (κ2) is 25.7. The van der Waals surface area contributed by atoms with Crippen LogP contribution in [0, 0.1) is 0 Å². The van der Waals surface area contributed by atoms with Gasteiger partial charge in [0.25, 0.3) is 0 Å². The minimum atomic E-state index is 0. The van der Waals surface area contributed by atoms with Gasteiger partial charge in [-0.1, -0.05) is 56.0 Å². The van der Waals surface area contributed by atoms with Crippen molar-refractivity contribution in [2.45, 2.75) is 71.9 Å². The van der Waals surface area contributed by atoms with Crippen LogP contribution in [0.15, 0.2) is 97.6 Å². The normalized spacial score (nSPS) is 11.1. The third-order valence-electron chi connectivity index (χ3n) is 9.37. The molecule has 0 aliphatic heterocycles. The summed E-state index contributed by atoms with van der Waals surface area (Å²) in [5.41, 5.74) is 7.08. The van der Waals surface area contributed by atoms with Crippen LogP contribution < -0.4 is 29.6 Å². The van der Waals surface area contributed by atoms with E-state index in [2.05, 4.69) is 151 Å². The number of anilines is 2. The predicted molar refractivity (Wildman–Crippen MR) is 233 cm³/mol. The molecule has 0 saturated heterocycles. The molecule has 4 aromatic rings. The fourth-order valence-electron chi connectivity index (χ4n) is 5.93. The van der Waals surface area contributed by atoms with E-state index in [0.29, 0.717) is 39.1 Å². The second-order valence-corrected chi connectivity index (χ2v) is 14.3. The minimum Gasteiger partial charge on any atom is -0.378 e. The monoisotopic (exact) mass is 763 g/mol. The van der Waals surface area contributed by atoms with Gasteiger partial charge in [-0.15, -0.1) is 0 Å². The summed E-state index contributed by atoms with van der Waals surface area (Å²) in [5, 5.41) is 5.86. The number of nitrogens with zero attached hydrogens (tertiary/aromatic N) is 4. The van der Waals surface area contributed by atoms with Crippen LogP contribution in [0.2, 0.25) is 0 Å². The number of ether oxygens (including phenoxy) is 1. The highest BCUT2D eigenvalue weighted by atomic mass is 16.5. The molecule has 2 amide bonds. The molecule has 56 heavy (non-hydrogen) atoms. The van der Waals surface area contributed by atoms with E-state index in [-0.39, 0.29) is 19.2 Å². The van der Waals surface area contributed by atoms with E-state index in [1.165, 1.54) is 33.6 Å². The Bertz CT molecular complexity index is 1620. The van der Waals surface area contributed by atoms with Crippen molar-refractivity contribution in [3.05, 3.63) is 120 Å². The lowest BCUT2D eigenvalue weighted by atomic mass is 10.1. The molecule has 2 heterocycles. The molecule has 0 aliphatic rings. The van der Waals surface area contributed by atoms with Gasteiger partial charge >= 0.3 is 0 Å². The number of hydrogen-bond acceptors (Lipinski definition) is 5. The van der Waals surface area contributed by atoms with Crippen molar-refractivity contribution in [1.29, 1.82) is 0 Å². The molecule has 300 valence electrons. The van der Waals surface area contributed by atoms with Gasteiger partial charge in [0.1, 0.15) is 13.1 Å². The van der Waals surface area contributed by atoms with Gasteiger partial charge in [0.2, 0.25) is 11.8 Å². The topological polar surface area (TPSA) is 81.7 Å². The van der Waals surface area contributed by atoms with Crippen molar-refractivity contribution in [3.63, 3.8) is 0 Å². The van der Waals surface area contributed by atoms with E-state index in [1.54, 1.807) is 0 Å². The number of rotatable bonds is 24. The van der Waals surface area contributed by atoms with Crippen LogP contribution in [0.5, 0.6) is 0 Å². The van der Waals surface area contributed by atoms with Crippen molar-refractivity contribution in [2.75, 3.05) is 64.3 Å². The van der Waals surface area contributed by atoms with E-state index in [0.717, 1.165) is 51.6 Å². The molecule has 2 aromatic heterocycles. The zero-order valence-corrected chi connectivity index (χ0v) is 33.5. The average molecular weight is 763 g/mol.